The molecule has 14 heavy (non-hydrogen) atoms. The van der Waals surface area contributed by atoms with E-state index in [1.165, 1.54) is 0 Å². The Balaban J connectivity index is 3.47. The Morgan fingerprint density at radius 2 is 1.93 bits per heavy atom. The molecular weight excluding hydrogens is 198 g/mol. The Labute approximate surface area is 89.7 Å². The zero-order valence-electron chi connectivity index (χ0n) is 9.51. The zero-order chi connectivity index (χ0) is 11.0. The molecule has 0 radical (unpaired) electrons. The lowest BCUT2D eigenvalue weighted by atomic mass is 9.98. The van der Waals surface area contributed by atoms with E-state index < -0.39 is 16.4 Å². The van der Waals surface area contributed by atoms with E-state index in [1.807, 2.05) is 13.8 Å². The molecule has 1 atom stereocenters. The predicted octanol–water partition coefficient (Wildman–Crippen LogP) is 0.896. The molecule has 0 rings (SSSR count). The van der Waals surface area contributed by atoms with Crippen LogP contribution >= 0.6 is 0 Å². The van der Waals surface area contributed by atoms with Crippen LogP contribution in [0.2, 0.25) is 0 Å². The highest BCUT2D eigenvalue weighted by molar-refractivity contribution is 7.84. The highest BCUT2D eigenvalue weighted by atomic mass is 32.2. The minimum absolute atomic E-state index is 0.564. The maximum atomic E-state index is 10.8. The van der Waals surface area contributed by atoms with E-state index in [0.29, 0.717) is 6.54 Å². The number of aliphatic hydroxyl groups is 1. The van der Waals surface area contributed by atoms with E-state index >= 15 is 0 Å². The van der Waals surface area contributed by atoms with E-state index in [-0.39, 0.29) is 0 Å². The normalized spacial score (nSPS) is 14.3. The van der Waals surface area contributed by atoms with Crippen molar-refractivity contribution in [2.75, 3.05) is 25.1 Å². The molecule has 1 unspecified atom stereocenters. The van der Waals surface area contributed by atoms with Crippen LogP contribution in [0.25, 0.3) is 0 Å². The van der Waals surface area contributed by atoms with Crippen LogP contribution in [-0.4, -0.2) is 40.0 Å². The van der Waals surface area contributed by atoms with Gasteiger partial charge in [0, 0.05) is 29.4 Å². The molecule has 0 aliphatic heterocycles. The fourth-order valence-corrected chi connectivity index (χ4v) is 1.77. The van der Waals surface area contributed by atoms with Crippen molar-refractivity contribution in [1.82, 2.24) is 5.32 Å². The van der Waals surface area contributed by atoms with E-state index in [2.05, 4.69) is 5.32 Å². The lowest BCUT2D eigenvalue weighted by Gasteiger charge is -2.25. The van der Waals surface area contributed by atoms with Crippen molar-refractivity contribution in [2.45, 2.75) is 38.7 Å². The van der Waals surface area contributed by atoms with Crippen LogP contribution in [0.5, 0.6) is 0 Å². The molecule has 0 saturated heterocycles. The summed E-state index contributed by atoms with van der Waals surface area (Å²) in [4.78, 5) is 0. The van der Waals surface area contributed by atoms with Crippen molar-refractivity contribution in [3.05, 3.63) is 0 Å². The van der Waals surface area contributed by atoms with E-state index in [4.69, 9.17) is 0 Å². The molecule has 0 spiro atoms. The van der Waals surface area contributed by atoms with Gasteiger partial charge in [0.1, 0.15) is 0 Å². The lowest BCUT2D eigenvalue weighted by Crippen LogP contribution is -2.40. The first kappa shape index (κ1) is 14.1. The Morgan fingerprint density at radius 1 is 1.36 bits per heavy atom. The molecule has 0 bridgehead atoms. The van der Waals surface area contributed by atoms with Crippen molar-refractivity contribution in [3.8, 4) is 0 Å². The second-order valence-corrected chi connectivity index (χ2v) is 5.29. The van der Waals surface area contributed by atoms with Gasteiger partial charge < -0.3 is 10.4 Å². The van der Waals surface area contributed by atoms with Crippen LogP contribution in [0, 0.1) is 0 Å². The topological polar surface area (TPSA) is 49.3 Å². The number of rotatable bonds is 8. The first-order valence-corrected chi connectivity index (χ1v) is 7.00. The van der Waals surface area contributed by atoms with Crippen LogP contribution in [0.15, 0.2) is 0 Å². The smallest absolute Gasteiger partial charge is 0.0766 e. The molecule has 0 aromatic heterocycles. The quantitative estimate of drug-likeness (QED) is 0.599. The van der Waals surface area contributed by atoms with Gasteiger partial charge in [0.25, 0.3) is 0 Å². The lowest BCUT2D eigenvalue weighted by molar-refractivity contribution is 0.0328. The first-order valence-electron chi connectivity index (χ1n) is 5.27. The van der Waals surface area contributed by atoms with Gasteiger partial charge in [-0.15, -0.1) is 0 Å². The Hall–Kier alpha value is 0.0700. The van der Waals surface area contributed by atoms with Gasteiger partial charge in [-0.05, 0) is 25.8 Å². The number of hydrogen-bond donors (Lipinski definition) is 2. The molecule has 0 aromatic carbocycles. The summed E-state index contributed by atoms with van der Waals surface area (Å²) in [5.74, 6) is 0.740. The molecule has 86 valence electrons. The molecule has 0 aromatic rings. The average molecular weight is 221 g/mol. The second kappa shape index (κ2) is 7.37. The van der Waals surface area contributed by atoms with Gasteiger partial charge in [-0.3, -0.25) is 4.21 Å². The highest BCUT2D eigenvalue weighted by Gasteiger charge is 2.20. The number of hydrogen-bond acceptors (Lipinski definition) is 3. The molecular formula is C10H23NO2S. The van der Waals surface area contributed by atoms with Gasteiger partial charge in [0.15, 0.2) is 0 Å². The molecule has 0 saturated carbocycles. The van der Waals surface area contributed by atoms with E-state index in [0.717, 1.165) is 31.6 Å². The molecule has 4 heteroatoms. The summed E-state index contributed by atoms with van der Waals surface area (Å²) >= 11 is 0. The van der Waals surface area contributed by atoms with Crippen LogP contribution in [0.1, 0.15) is 33.1 Å². The van der Waals surface area contributed by atoms with Crippen molar-refractivity contribution in [3.63, 3.8) is 0 Å². The number of nitrogens with one attached hydrogen (secondary N) is 1. The largest absolute Gasteiger partial charge is 0.389 e. The third-order valence-corrected chi connectivity index (χ3v) is 3.42. The Bertz CT molecular complexity index is 170. The minimum Gasteiger partial charge on any atom is -0.389 e. The van der Waals surface area contributed by atoms with Gasteiger partial charge in [-0.25, -0.2) is 0 Å². The minimum atomic E-state index is -0.696. The van der Waals surface area contributed by atoms with Gasteiger partial charge in [-0.2, -0.15) is 0 Å². The van der Waals surface area contributed by atoms with E-state index in [9.17, 15) is 9.32 Å². The monoisotopic (exact) mass is 221 g/mol. The molecule has 3 nitrogen and oxygen atoms in total. The maximum absolute atomic E-state index is 10.8. The molecule has 0 aliphatic rings. The van der Waals surface area contributed by atoms with Gasteiger partial charge >= 0.3 is 0 Å². The summed E-state index contributed by atoms with van der Waals surface area (Å²) in [6.45, 7) is 5.46. The summed E-state index contributed by atoms with van der Waals surface area (Å²) in [5, 5.41) is 13.1. The average Bonchev–Trinajstić information content (AvgIpc) is 2.16. The summed E-state index contributed by atoms with van der Waals surface area (Å²) in [6, 6.07) is 0. The third-order valence-electron chi connectivity index (χ3n) is 2.56. The molecule has 0 aliphatic carbocycles. The highest BCUT2D eigenvalue weighted by Crippen LogP contribution is 2.12. The second-order valence-electron chi connectivity index (χ2n) is 3.74. The van der Waals surface area contributed by atoms with Crippen molar-refractivity contribution < 1.29 is 9.32 Å². The summed E-state index contributed by atoms with van der Waals surface area (Å²) in [6.07, 6.45) is 4.17. The first-order chi connectivity index (χ1) is 6.54. The van der Waals surface area contributed by atoms with Gasteiger partial charge in [0.2, 0.25) is 0 Å². The van der Waals surface area contributed by atoms with Crippen molar-refractivity contribution >= 4 is 10.8 Å². The van der Waals surface area contributed by atoms with Crippen LogP contribution in [-0.2, 0) is 10.8 Å². The van der Waals surface area contributed by atoms with Crippen LogP contribution in [0.3, 0.4) is 0 Å². The predicted molar refractivity (Wildman–Crippen MR) is 62.0 cm³/mol. The van der Waals surface area contributed by atoms with Crippen molar-refractivity contribution in [2.24, 2.45) is 0 Å². The van der Waals surface area contributed by atoms with Crippen LogP contribution < -0.4 is 5.32 Å². The molecule has 2 N–H and O–H groups in total. The fourth-order valence-electron chi connectivity index (χ4n) is 1.22. The summed E-state index contributed by atoms with van der Waals surface area (Å²) in [5.41, 5.74) is -0.564. The van der Waals surface area contributed by atoms with Crippen molar-refractivity contribution in [1.29, 1.82) is 0 Å². The Kier molecular flexibility index (Phi) is 7.41. The zero-order valence-corrected chi connectivity index (χ0v) is 10.3. The maximum Gasteiger partial charge on any atom is 0.0766 e. The third kappa shape index (κ3) is 6.51. The van der Waals surface area contributed by atoms with Gasteiger partial charge in [-0.1, -0.05) is 13.8 Å². The molecule has 0 heterocycles. The Morgan fingerprint density at radius 3 is 2.36 bits per heavy atom. The van der Waals surface area contributed by atoms with Crippen LogP contribution in [0.4, 0.5) is 0 Å². The molecule has 0 fully saturated rings. The van der Waals surface area contributed by atoms with E-state index in [1.54, 1.807) is 6.26 Å². The SMILES string of the molecule is CCC(O)(CC)CNCCCS(C)=O. The summed E-state index contributed by atoms with van der Waals surface area (Å²) in [7, 11) is -0.696. The van der Waals surface area contributed by atoms with Gasteiger partial charge in [0.05, 0.1) is 5.60 Å². The standard InChI is InChI=1S/C10H23NO2S/c1-4-10(12,5-2)9-11-7-6-8-14(3)13/h11-12H,4-9H2,1-3H3. The fraction of sp³-hybridized carbons (Fsp3) is 1.00. The summed E-state index contributed by atoms with van der Waals surface area (Å²) < 4.78 is 10.8. The molecule has 0 amide bonds.